The Balaban J connectivity index is 2.45. The number of nitrogens with one attached hydrogen (secondary N) is 1. The summed E-state index contributed by atoms with van der Waals surface area (Å²) in [6, 6.07) is 5.59. The van der Waals surface area contributed by atoms with Crippen LogP contribution in [0.5, 0.6) is 0 Å². The monoisotopic (exact) mass is 255 g/mol. The molecule has 0 radical (unpaired) electrons. The molecule has 2 N–H and O–H groups in total. The number of aliphatic carboxylic acids is 1. The molecule has 1 aromatic carbocycles. The van der Waals surface area contributed by atoms with Gasteiger partial charge in [-0.05, 0) is 13.0 Å². The van der Waals surface area contributed by atoms with E-state index in [0.29, 0.717) is 5.56 Å². The summed E-state index contributed by atoms with van der Waals surface area (Å²) in [5.41, 5.74) is 0.365. The Labute approximate surface area is 104 Å². The van der Waals surface area contributed by atoms with Gasteiger partial charge in [-0.15, -0.1) is 0 Å². The van der Waals surface area contributed by atoms with E-state index in [9.17, 15) is 14.0 Å². The number of carbonyl (C=O) groups excluding carboxylic acids is 1. The van der Waals surface area contributed by atoms with Gasteiger partial charge in [0.1, 0.15) is 19.0 Å². The number of hydrogen-bond acceptors (Lipinski definition) is 3. The number of amides is 1. The first-order chi connectivity index (χ1) is 8.50. The van der Waals surface area contributed by atoms with E-state index in [2.05, 4.69) is 10.1 Å². The quantitative estimate of drug-likeness (QED) is 0.798. The second kappa shape index (κ2) is 6.70. The van der Waals surface area contributed by atoms with Crippen molar-refractivity contribution in [1.29, 1.82) is 0 Å². The van der Waals surface area contributed by atoms with E-state index in [-0.39, 0.29) is 6.61 Å². The van der Waals surface area contributed by atoms with Crippen LogP contribution in [0.4, 0.5) is 4.39 Å². The Morgan fingerprint density at radius 1 is 1.39 bits per heavy atom. The first-order valence-electron chi connectivity index (χ1n) is 5.34. The summed E-state index contributed by atoms with van der Waals surface area (Å²) >= 11 is 0. The minimum absolute atomic E-state index is 0.365. The molecule has 0 saturated heterocycles. The molecule has 0 bridgehead atoms. The molecule has 0 unspecified atom stereocenters. The lowest BCUT2D eigenvalue weighted by atomic mass is 10.1. The normalized spacial score (nSPS) is 11.9. The third kappa shape index (κ3) is 4.50. The molecule has 98 valence electrons. The number of ether oxygens (including phenoxy) is 1. The molecule has 6 heteroatoms. The zero-order valence-corrected chi connectivity index (χ0v) is 9.85. The van der Waals surface area contributed by atoms with Crippen molar-refractivity contribution in [3.8, 4) is 0 Å². The predicted octanol–water partition coefficient (Wildman–Crippen LogP) is 1.10. The Hall–Kier alpha value is -1.95. The van der Waals surface area contributed by atoms with E-state index < -0.39 is 30.3 Å². The molecular weight excluding hydrogens is 241 g/mol. The second-order valence-electron chi connectivity index (χ2n) is 3.70. The van der Waals surface area contributed by atoms with Crippen LogP contribution in [0.2, 0.25) is 0 Å². The SMILES string of the molecule is C[C@@H](NC(=O)COCC(=O)O)c1ccccc1F. The maximum atomic E-state index is 13.4. The van der Waals surface area contributed by atoms with Crippen LogP contribution in [0.25, 0.3) is 0 Å². The predicted molar refractivity (Wildman–Crippen MR) is 61.4 cm³/mol. The molecule has 1 aromatic rings. The summed E-state index contributed by atoms with van der Waals surface area (Å²) < 4.78 is 18.0. The van der Waals surface area contributed by atoms with Crippen molar-refractivity contribution in [3.63, 3.8) is 0 Å². The highest BCUT2D eigenvalue weighted by atomic mass is 19.1. The van der Waals surface area contributed by atoms with Crippen molar-refractivity contribution in [1.82, 2.24) is 5.32 Å². The molecule has 1 rings (SSSR count). The fourth-order valence-corrected chi connectivity index (χ4v) is 1.42. The molecule has 0 heterocycles. The maximum Gasteiger partial charge on any atom is 0.329 e. The maximum absolute atomic E-state index is 13.4. The second-order valence-corrected chi connectivity index (χ2v) is 3.70. The number of carboxylic acids is 1. The standard InChI is InChI=1S/C12H14FNO4/c1-8(9-4-2-3-5-10(9)13)14-11(15)6-18-7-12(16)17/h2-5,8H,6-7H2,1H3,(H,14,15)(H,16,17)/t8-/m1/s1. The van der Waals surface area contributed by atoms with E-state index in [0.717, 1.165) is 0 Å². The lowest BCUT2D eigenvalue weighted by Crippen LogP contribution is -2.31. The highest BCUT2D eigenvalue weighted by Gasteiger charge is 2.13. The molecule has 1 atom stereocenters. The van der Waals surface area contributed by atoms with Gasteiger partial charge >= 0.3 is 5.97 Å². The lowest BCUT2D eigenvalue weighted by Gasteiger charge is -2.14. The highest BCUT2D eigenvalue weighted by molar-refractivity contribution is 5.78. The van der Waals surface area contributed by atoms with Crippen LogP contribution in [0, 0.1) is 5.82 Å². The number of rotatable bonds is 6. The number of benzene rings is 1. The first kappa shape index (κ1) is 14.1. The minimum atomic E-state index is -1.15. The van der Waals surface area contributed by atoms with Gasteiger partial charge in [0, 0.05) is 5.56 Å². The van der Waals surface area contributed by atoms with Gasteiger partial charge in [-0.2, -0.15) is 0 Å². The molecule has 0 aliphatic rings. The van der Waals surface area contributed by atoms with Crippen LogP contribution in [-0.2, 0) is 14.3 Å². The molecule has 0 fully saturated rings. The van der Waals surface area contributed by atoms with Crippen molar-refractivity contribution in [2.45, 2.75) is 13.0 Å². The van der Waals surface area contributed by atoms with Crippen LogP contribution >= 0.6 is 0 Å². The van der Waals surface area contributed by atoms with E-state index in [1.165, 1.54) is 6.07 Å². The van der Waals surface area contributed by atoms with Crippen molar-refractivity contribution < 1.29 is 23.8 Å². The molecule has 18 heavy (non-hydrogen) atoms. The van der Waals surface area contributed by atoms with Crippen LogP contribution < -0.4 is 5.32 Å². The van der Waals surface area contributed by atoms with Crippen LogP contribution in [-0.4, -0.2) is 30.2 Å². The third-order valence-electron chi connectivity index (χ3n) is 2.21. The average molecular weight is 255 g/mol. The number of carbonyl (C=O) groups is 2. The summed E-state index contributed by atoms with van der Waals surface area (Å²) in [5.74, 6) is -2.05. The summed E-state index contributed by atoms with van der Waals surface area (Å²) in [4.78, 5) is 21.5. The van der Waals surface area contributed by atoms with E-state index in [1.807, 2.05) is 0 Å². The molecule has 0 aliphatic heterocycles. The summed E-state index contributed by atoms with van der Waals surface area (Å²) in [5, 5.41) is 10.8. The van der Waals surface area contributed by atoms with Crippen LogP contribution in [0.3, 0.4) is 0 Å². The van der Waals surface area contributed by atoms with Gasteiger partial charge in [0.2, 0.25) is 5.91 Å². The van der Waals surface area contributed by atoms with E-state index in [1.54, 1.807) is 25.1 Å². The molecule has 0 saturated carbocycles. The largest absolute Gasteiger partial charge is 0.480 e. The van der Waals surface area contributed by atoms with Gasteiger partial charge in [-0.3, -0.25) is 4.79 Å². The van der Waals surface area contributed by atoms with Gasteiger partial charge < -0.3 is 15.2 Å². The fourth-order valence-electron chi connectivity index (χ4n) is 1.42. The van der Waals surface area contributed by atoms with Gasteiger partial charge in [-0.25, -0.2) is 9.18 Å². The Morgan fingerprint density at radius 2 is 2.06 bits per heavy atom. The van der Waals surface area contributed by atoms with Crippen molar-refractivity contribution in [3.05, 3.63) is 35.6 Å². The first-order valence-corrected chi connectivity index (χ1v) is 5.34. The average Bonchev–Trinajstić information content (AvgIpc) is 2.28. The fraction of sp³-hybridized carbons (Fsp3) is 0.333. The molecule has 5 nitrogen and oxygen atoms in total. The highest BCUT2D eigenvalue weighted by Crippen LogP contribution is 2.15. The lowest BCUT2D eigenvalue weighted by molar-refractivity contribution is -0.143. The number of carboxylic acid groups (broad SMARTS) is 1. The molecule has 0 spiro atoms. The Kier molecular flexibility index (Phi) is 5.26. The minimum Gasteiger partial charge on any atom is -0.480 e. The molecular formula is C12H14FNO4. The molecule has 0 aliphatic carbocycles. The summed E-state index contributed by atoms with van der Waals surface area (Å²) in [6.07, 6.45) is 0. The smallest absolute Gasteiger partial charge is 0.329 e. The Bertz CT molecular complexity index is 436. The third-order valence-corrected chi connectivity index (χ3v) is 2.21. The summed E-state index contributed by atoms with van der Waals surface area (Å²) in [6.45, 7) is 0.722. The zero-order chi connectivity index (χ0) is 13.5. The van der Waals surface area contributed by atoms with Gasteiger partial charge in [-0.1, -0.05) is 18.2 Å². The number of halogens is 1. The van der Waals surface area contributed by atoms with Crippen molar-refractivity contribution in [2.75, 3.05) is 13.2 Å². The van der Waals surface area contributed by atoms with E-state index >= 15 is 0 Å². The molecule has 1 amide bonds. The Morgan fingerprint density at radius 3 is 2.67 bits per heavy atom. The molecule has 0 aromatic heterocycles. The topological polar surface area (TPSA) is 75.6 Å². The van der Waals surface area contributed by atoms with Crippen LogP contribution in [0.15, 0.2) is 24.3 Å². The number of hydrogen-bond donors (Lipinski definition) is 2. The van der Waals surface area contributed by atoms with E-state index in [4.69, 9.17) is 5.11 Å². The van der Waals surface area contributed by atoms with Crippen molar-refractivity contribution in [2.24, 2.45) is 0 Å². The van der Waals surface area contributed by atoms with Gasteiger partial charge in [0.15, 0.2) is 0 Å². The van der Waals surface area contributed by atoms with Gasteiger partial charge in [0.05, 0.1) is 6.04 Å². The zero-order valence-electron chi connectivity index (χ0n) is 9.85. The van der Waals surface area contributed by atoms with Crippen LogP contribution in [0.1, 0.15) is 18.5 Å². The summed E-state index contributed by atoms with van der Waals surface area (Å²) in [7, 11) is 0. The van der Waals surface area contributed by atoms with Gasteiger partial charge in [0.25, 0.3) is 0 Å². The van der Waals surface area contributed by atoms with Crippen molar-refractivity contribution >= 4 is 11.9 Å².